The average Bonchev–Trinajstić information content (AvgIpc) is 2.27. The zero-order chi connectivity index (χ0) is 14.1. The number of carbonyl (C=O) groups is 1. The minimum atomic E-state index is -4.07. The lowest BCUT2D eigenvalue weighted by Gasteiger charge is -2.09. The van der Waals surface area contributed by atoms with Crippen LogP contribution in [0.25, 0.3) is 0 Å². The van der Waals surface area contributed by atoms with Gasteiger partial charge in [-0.05, 0) is 20.0 Å². The fourth-order valence-electron chi connectivity index (χ4n) is 1.40. The van der Waals surface area contributed by atoms with E-state index in [4.69, 9.17) is 11.6 Å². The van der Waals surface area contributed by atoms with E-state index in [9.17, 15) is 23.3 Å². The fraction of sp³-hybridized carbons (Fsp3) is 0.222. The third-order valence-electron chi connectivity index (χ3n) is 2.17. The summed E-state index contributed by atoms with van der Waals surface area (Å²) >= 11 is 5.72. The van der Waals surface area contributed by atoms with Gasteiger partial charge in [0, 0.05) is 6.07 Å². The van der Waals surface area contributed by atoms with E-state index < -0.39 is 36.9 Å². The summed E-state index contributed by atoms with van der Waals surface area (Å²) in [6.45, 7) is 1.04. The molecule has 1 aromatic carbocycles. The smallest absolute Gasteiger partial charge is 0.281 e. The zero-order valence-electron chi connectivity index (χ0n) is 9.43. The SMILES string of the molecule is CNS(=O)(=O)c1c(Cl)ccc([N+](=O)[O-])c1C(C)=O. The zero-order valence-corrected chi connectivity index (χ0v) is 11.0. The Balaban J connectivity index is 3.85. The standard InChI is InChI=1S/C9H9ClN2O5S/c1-5(13)8-7(12(14)15)4-3-6(10)9(8)18(16,17)11-2/h3-4,11H,1-2H3. The highest BCUT2D eigenvalue weighted by Gasteiger charge is 2.30. The lowest BCUT2D eigenvalue weighted by atomic mass is 10.1. The molecule has 0 saturated carbocycles. The van der Waals surface area contributed by atoms with E-state index in [1.54, 1.807) is 0 Å². The first-order valence-electron chi connectivity index (χ1n) is 4.63. The van der Waals surface area contributed by atoms with Crippen molar-refractivity contribution < 1.29 is 18.1 Å². The van der Waals surface area contributed by atoms with Gasteiger partial charge in [-0.1, -0.05) is 11.6 Å². The molecule has 1 aromatic rings. The molecule has 0 aliphatic rings. The molecule has 1 N–H and O–H groups in total. The highest BCUT2D eigenvalue weighted by Crippen LogP contribution is 2.32. The van der Waals surface area contributed by atoms with Crippen LogP contribution >= 0.6 is 11.6 Å². The van der Waals surface area contributed by atoms with E-state index in [2.05, 4.69) is 0 Å². The summed E-state index contributed by atoms with van der Waals surface area (Å²) in [5.74, 6) is -0.752. The molecule has 0 heterocycles. The van der Waals surface area contributed by atoms with E-state index in [1.807, 2.05) is 4.72 Å². The molecular weight excluding hydrogens is 284 g/mol. The number of hydrogen-bond donors (Lipinski definition) is 1. The van der Waals surface area contributed by atoms with Crippen LogP contribution in [0.15, 0.2) is 17.0 Å². The van der Waals surface area contributed by atoms with Gasteiger partial charge in [0.05, 0.1) is 9.95 Å². The van der Waals surface area contributed by atoms with Crippen molar-refractivity contribution in [1.29, 1.82) is 0 Å². The molecule has 7 nitrogen and oxygen atoms in total. The maximum Gasteiger partial charge on any atom is 0.281 e. The summed E-state index contributed by atoms with van der Waals surface area (Å²) in [5, 5.41) is 10.6. The Morgan fingerprint density at radius 3 is 2.39 bits per heavy atom. The van der Waals surface area contributed by atoms with Crippen LogP contribution in [0.2, 0.25) is 5.02 Å². The summed E-state index contributed by atoms with van der Waals surface area (Å²) < 4.78 is 25.5. The first kappa shape index (κ1) is 14.6. The van der Waals surface area contributed by atoms with Crippen molar-refractivity contribution in [2.45, 2.75) is 11.8 Å². The number of nitro groups is 1. The molecule has 0 aliphatic heterocycles. The molecule has 0 bridgehead atoms. The molecule has 0 saturated heterocycles. The fourth-order valence-corrected chi connectivity index (χ4v) is 2.91. The van der Waals surface area contributed by atoms with Crippen molar-refractivity contribution in [3.63, 3.8) is 0 Å². The van der Waals surface area contributed by atoms with Gasteiger partial charge in [-0.15, -0.1) is 0 Å². The molecule has 0 atom stereocenters. The second kappa shape index (κ2) is 5.01. The summed E-state index contributed by atoms with van der Waals surface area (Å²) in [4.78, 5) is 20.8. The number of halogens is 1. The van der Waals surface area contributed by atoms with Crippen molar-refractivity contribution >= 4 is 33.1 Å². The molecule has 1 rings (SSSR count). The molecule has 0 radical (unpaired) electrons. The normalized spacial score (nSPS) is 11.3. The summed E-state index contributed by atoms with van der Waals surface area (Å²) in [6.07, 6.45) is 0. The molecule has 0 aliphatic carbocycles. The Morgan fingerprint density at radius 2 is 2.00 bits per heavy atom. The lowest BCUT2D eigenvalue weighted by molar-refractivity contribution is -0.385. The number of rotatable bonds is 4. The molecule has 18 heavy (non-hydrogen) atoms. The molecule has 0 amide bonds. The Kier molecular flexibility index (Phi) is 4.05. The van der Waals surface area contributed by atoms with E-state index in [0.717, 1.165) is 26.1 Å². The molecule has 0 aromatic heterocycles. The van der Waals surface area contributed by atoms with E-state index in [0.29, 0.717) is 0 Å². The van der Waals surface area contributed by atoms with Gasteiger partial charge in [0.25, 0.3) is 5.69 Å². The van der Waals surface area contributed by atoms with Crippen LogP contribution in [-0.2, 0) is 10.0 Å². The van der Waals surface area contributed by atoms with Crippen molar-refractivity contribution in [1.82, 2.24) is 4.72 Å². The summed E-state index contributed by atoms with van der Waals surface area (Å²) in [7, 11) is -2.95. The average molecular weight is 293 g/mol. The number of hydrogen-bond acceptors (Lipinski definition) is 5. The number of ketones is 1. The third kappa shape index (κ3) is 2.50. The second-order valence-electron chi connectivity index (χ2n) is 3.29. The van der Waals surface area contributed by atoms with Gasteiger partial charge in [0.2, 0.25) is 10.0 Å². The maximum absolute atomic E-state index is 11.8. The Bertz CT molecular complexity index is 626. The van der Waals surface area contributed by atoms with Crippen LogP contribution < -0.4 is 4.72 Å². The monoisotopic (exact) mass is 292 g/mol. The number of Topliss-reactive ketones (excluding diaryl/α,β-unsaturated/α-hetero) is 1. The molecule has 0 fully saturated rings. The van der Waals surface area contributed by atoms with Gasteiger partial charge >= 0.3 is 0 Å². The van der Waals surface area contributed by atoms with Crippen LogP contribution in [0.4, 0.5) is 5.69 Å². The first-order valence-corrected chi connectivity index (χ1v) is 6.50. The van der Waals surface area contributed by atoms with Crippen LogP contribution in [0, 0.1) is 10.1 Å². The van der Waals surface area contributed by atoms with Crippen molar-refractivity contribution in [2.24, 2.45) is 0 Å². The lowest BCUT2D eigenvalue weighted by Crippen LogP contribution is -2.22. The second-order valence-corrected chi connectivity index (χ2v) is 5.52. The van der Waals surface area contributed by atoms with Crippen LogP contribution in [0.1, 0.15) is 17.3 Å². The van der Waals surface area contributed by atoms with Crippen molar-refractivity contribution in [3.05, 3.63) is 32.8 Å². The topological polar surface area (TPSA) is 106 Å². The van der Waals surface area contributed by atoms with Crippen LogP contribution in [0.3, 0.4) is 0 Å². The van der Waals surface area contributed by atoms with Gasteiger partial charge in [-0.25, -0.2) is 13.1 Å². The molecule has 0 spiro atoms. The number of carbonyl (C=O) groups excluding carboxylic acids is 1. The van der Waals surface area contributed by atoms with Crippen LogP contribution in [-0.4, -0.2) is 26.2 Å². The minimum Gasteiger partial charge on any atom is -0.294 e. The highest BCUT2D eigenvalue weighted by molar-refractivity contribution is 7.89. The minimum absolute atomic E-state index is 0.250. The molecule has 98 valence electrons. The van der Waals surface area contributed by atoms with E-state index >= 15 is 0 Å². The van der Waals surface area contributed by atoms with Gasteiger partial charge in [0.15, 0.2) is 5.78 Å². The number of sulfonamides is 1. The number of nitro benzene ring substituents is 1. The van der Waals surface area contributed by atoms with Gasteiger partial charge in [0.1, 0.15) is 10.5 Å². The molecule has 0 unspecified atom stereocenters. The quantitative estimate of drug-likeness (QED) is 0.512. The third-order valence-corrected chi connectivity index (χ3v) is 4.10. The Hall–Kier alpha value is -1.51. The summed E-state index contributed by atoms with van der Waals surface area (Å²) in [5.41, 5.74) is -1.12. The van der Waals surface area contributed by atoms with E-state index in [1.165, 1.54) is 0 Å². The Morgan fingerprint density at radius 1 is 1.44 bits per heavy atom. The van der Waals surface area contributed by atoms with E-state index in [-0.39, 0.29) is 5.02 Å². The van der Waals surface area contributed by atoms with Crippen molar-refractivity contribution in [3.8, 4) is 0 Å². The highest BCUT2D eigenvalue weighted by atomic mass is 35.5. The van der Waals surface area contributed by atoms with Crippen LogP contribution in [0.5, 0.6) is 0 Å². The number of nitrogens with one attached hydrogen (secondary N) is 1. The van der Waals surface area contributed by atoms with Crippen molar-refractivity contribution in [2.75, 3.05) is 7.05 Å². The first-order chi connectivity index (χ1) is 8.22. The molecule has 9 heteroatoms. The number of benzene rings is 1. The molecular formula is C9H9ClN2O5S. The van der Waals surface area contributed by atoms with Gasteiger partial charge in [-0.2, -0.15) is 0 Å². The van der Waals surface area contributed by atoms with Gasteiger partial charge < -0.3 is 0 Å². The predicted octanol–water partition coefficient (Wildman–Crippen LogP) is 1.36. The Labute approximate surface area is 108 Å². The largest absolute Gasteiger partial charge is 0.294 e. The van der Waals surface area contributed by atoms with Gasteiger partial charge in [-0.3, -0.25) is 14.9 Å². The number of nitrogens with zero attached hydrogens (tertiary/aromatic N) is 1. The summed E-state index contributed by atoms with van der Waals surface area (Å²) in [6, 6.07) is 2.06. The maximum atomic E-state index is 11.8. The predicted molar refractivity (Wildman–Crippen MR) is 64.4 cm³/mol.